The Morgan fingerprint density at radius 2 is 2.50 bits per heavy atom. The number of azo groups is 1. The first-order valence-electron chi connectivity index (χ1n) is 4.57. The van der Waals surface area contributed by atoms with Gasteiger partial charge in [-0.3, -0.25) is 4.90 Å². The molecule has 2 amide bonds. The molecule has 0 aromatic carbocycles. The largest absolute Gasteiger partial charge is 0.363 e. The first-order chi connectivity index (χ1) is 6.83. The highest BCUT2D eigenvalue weighted by molar-refractivity contribution is 7.10. The van der Waals surface area contributed by atoms with Crippen molar-refractivity contribution in [3.8, 4) is 0 Å². The maximum atomic E-state index is 11.3. The molecule has 0 bridgehead atoms. The summed E-state index contributed by atoms with van der Waals surface area (Å²) >= 11 is 1.60. The van der Waals surface area contributed by atoms with Crippen molar-refractivity contribution in [1.82, 2.24) is 4.90 Å². The molecular formula is C9H11N3OS. The number of amides is 2. The van der Waals surface area contributed by atoms with Gasteiger partial charge in [0, 0.05) is 6.54 Å². The van der Waals surface area contributed by atoms with Gasteiger partial charge in [-0.25, -0.2) is 4.79 Å². The number of nitrogens with zero attached hydrogens (tertiary/aromatic N) is 3. The van der Waals surface area contributed by atoms with E-state index in [-0.39, 0.29) is 12.2 Å². The molecule has 1 aliphatic heterocycles. The van der Waals surface area contributed by atoms with Gasteiger partial charge in [-0.15, -0.1) is 11.3 Å². The molecule has 0 aliphatic carbocycles. The Morgan fingerprint density at radius 3 is 3.14 bits per heavy atom. The molecule has 0 saturated carbocycles. The van der Waals surface area contributed by atoms with Crippen molar-refractivity contribution in [3.63, 3.8) is 0 Å². The molecule has 1 aromatic heterocycles. The maximum Gasteiger partial charge on any atom is 0.363 e. The van der Waals surface area contributed by atoms with Crippen LogP contribution < -0.4 is 0 Å². The Hall–Kier alpha value is -1.23. The first-order valence-corrected chi connectivity index (χ1v) is 5.45. The van der Waals surface area contributed by atoms with Crippen LogP contribution in [0.15, 0.2) is 27.7 Å². The van der Waals surface area contributed by atoms with Crippen LogP contribution in [0.3, 0.4) is 0 Å². The van der Waals surface area contributed by atoms with E-state index in [4.69, 9.17) is 0 Å². The third kappa shape index (κ3) is 1.55. The van der Waals surface area contributed by atoms with Gasteiger partial charge >= 0.3 is 6.03 Å². The third-order valence-electron chi connectivity index (χ3n) is 2.06. The molecule has 2 heterocycles. The number of carbonyl (C=O) groups is 1. The number of rotatable bonds is 3. The average molecular weight is 209 g/mol. The lowest BCUT2D eigenvalue weighted by molar-refractivity contribution is 0.202. The summed E-state index contributed by atoms with van der Waals surface area (Å²) in [5.74, 6) is 0. The fourth-order valence-corrected chi connectivity index (χ4v) is 2.20. The van der Waals surface area contributed by atoms with Crippen molar-refractivity contribution in [1.29, 1.82) is 0 Å². The van der Waals surface area contributed by atoms with Gasteiger partial charge in [0.2, 0.25) is 0 Å². The van der Waals surface area contributed by atoms with Crippen molar-refractivity contribution in [3.05, 3.63) is 22.4 Å². The van der Waals surface area contributed by atoms with Gasteiger partial charge in [-0.1, -0.05) is 18.1 Å². The van der Waals surface area contributed by atoms with Gasteiger partial charge in [0.15, 0.2) is 6.17 Å². The molecule has 2 rings (SSSR count). The molecule has 0 spiro atoms. The van der Waals surface area contributed by atoms with E-state index in [0.717, 1.165) is 11.3 Å². The topological polar surface area (TPSA) is 45.0 Å². The minimum Gasteiger partial charge on any atom is -0.293 e. The van der Waals surface area contributed by atoms with Crippen molar-refractivity contribution in [2.45, 2.75) is 19.5 Å². The number of carbonyl (C=O) groups excluding carboxylic acids is 1. The zero-order valence-corrected chi connectivity index (χ0v) is 8.70. The van der Waals surface area contributed by atoms with Gasteiger partial charge in [-0.05, 0) is 17.9 Å². The summed E-state index contributed by atoms with van der Waals surface area (Å²) < 4.78 is 0. The quantitative estimate of drug-likeness (QED) is 0.754. The fraction of sp³-hybridized carbons (Fsp3) is 0.444. The molecule has 4 nitrogen and oxygen atoms in total. The third-order valence-corrected chi connectivity index (χ3v) is 2.97. The molecular weight excluding hydrogens is 198 g/mol. The Bertz CT molecular complexity index is 347. The fourth-order valence-electron chi connectivity index (χ4n) is 1.44. The van der Waals surface area contributed by atoms with E-state index in [2.05, 4.69) is 10.2 Å². The standard InChI is InChI=1S/C9H11N3OS/c1-2-5-12-8(10-11-9(12)13)7-4-3-6-14-7/h3-4,6,8H,2,5H2,1H3. The van der Waals surface area contributed by atoms with Crippen LogP contribution in [-0.2, 0) is 0 Å². The molecule has 14 heavy (non-hydrogen) atoms. The molecule has 0 fully saturated rings. The molecule has 74 valence electrons. The van der Waals surface area contributed by atoms with Gasteiger partial charge < -0.3 is 0 Å². The second-order valence-corrected chi connectivity index (χ2v) is 4.06. The molecule has 5 heteroatoms. The molecule has 0 saturated heterocycles. The summed E-state index contributed by atoms with van der Waals surface area (Å²) in [5, 5.41) is 9.55. The normalized spacial score (nSPS) is 20.8. The van der Waals surface area contributed by atoms with Crippen molar-refractivity contribution < 1.29 is 4.79 Å². The Balaban J connectivity index is 2.19. The summed E-state index contributed by atoms with van der Waals surface area (Å²) in [4.78, 5) is 14.1. The van der Waals surface area contributed by atoms with Crippen LogP contribution in [0.1, 0.15) is 24.4 Å². The van der Waals surface area contributed by atoms with Gasteiger partial charge in [-0.2, -0.15) is 5.11 Å². The van der Waals surface area contributed by atoms with E-state index in [9.17, 15) is 4.79 Å². The van der Waals surface area contributed by atoms with E-state index in [0.29, 0.717) is 6.54 Å². The van der Waals surface area contributed by atoms with Crippen LogP contribution in [0.4, 0.5) is 4.79 Å². The van der Waals surface area contributed by atoms with E-state index in [1.807, 2.05) is 24.4 Å². The predicted molar refractivity (Wildman–Crippen MR) is 54.3 cm³/mol. The summed E-state index contributed by atoms with van der Waals surface area (Å²) in [6, 6.07) is 3.73. The zero-order chi connectivity index (χ0) is 9.97. The number of urea groups is 1. The highest BCUT2D eigenvalue weighted by atomic mass is 32.1. The van der Waals surface area contributed by atoms with E-state index < -0.39 is 0 Å². The Labute approximate surface area is 86.3 Å². The number of hydrogen-bond donors (Lipinski definition) is 0. The summed E-state index contributed by atoms with van der Waals surface area (Å²) in [6.07, 6.45) is 0.751. The lowest BCUT2D eigenvalue weighted by Crippen LogP contribution is -2.27. The maximum absolute atomic E-state index is 11.3. The van der Waals surface area contributed by atoms with Crippen LogP contribution in [0.5, 0.6) is 0 Å². The van der Waals surface area contributed by atoms with Crippen LogP contribution >= 0.6 is 11.3 Å². The minimum absolute atomic E-state index is 0.178. The molecule has 1 aliphatic rings. The van der Waals surface area contributed by atoms with E-state index in [1.54, 1.807) is 16.2 Å². The van der Waals surface area contributed by atoms with Crippen LogP contribution in [0, 0.1) is 0 Å². The monoisotopic (exact) mass is 209 g/mol. The lowest BCUT2D eigenvalue weighted by Gasteiger charge is -2.19. The number of hydrogen-bond acceptors (Lipinski definition) is 3. The minimum atomic E-state index is -0.217. The molecule has 1 atom stereocenters. The van der Waals surface area contributed by atoms with Crippen molar-refractivity contribution >= 4 is 17.4 Å². The summed E-state index contributed by atoms with van der Waals surface area (Å²) in [7, 11) is 0. The smallest absolute Gasteiger partial charge is 0.293 e. The molecule has 1 unspecified atom stereocenters. The second kappa shape index (κ2) is 3.88. The van der Waals surface area contributed by atoms with Crippen molar-refractivity contribution in [2.75, 3.05) is 6.54 Å². The molecule has 0 radical (unpaired) electrons. The Morgan fingerprint density at radius 1 is 1.64 bits per heavy atom. The summed E-state index contributed by atoms with van der Waals surface area (Å²) in [6.45, 7) is 2.76. The van der Waals surface area contributed by atoms with Gasteiger partial charge in [0.05, 0.1) is 4.88 Å². The van der Waals surface area contributed by atoms with Gasteiger partial charge in [0.1, 0.15) is 0 Å². The van der Waals surface area contributed by atoms with Crippen LogP contribution in [0.2, 0.25) is 0 Å². The van der Waals surface area contributed by atoms with Crippen LogP contribution in [-0.4, -0.2) is 17.5 Å². The van der Waals surface area contributed by atoms with Crippen molar-refractivity contribution in [2.24, 2.45) is 10.2 Å². The van der Waals surface area contributed by atoms with E-state index >= 15 is 0 Å². The zero-order valence-electron chi connectivity index (χ0n) is 7.88. The highest BCUT2D eigenvalue weighted by Crippen LogP contribution is 2.31. The second-order valence-electron chi connectivity index (χ2n) is 3.08. The lowest BCUT2D eigenvalue weighted by atomic mass is 10.3. The molecule has 0 N–H and O–H groups in total. The average Bonchev–Trinajstić information content (AvgIpc) is 2.77. The summed E-state index contributed by atoms with van der Waals surface area (Å²) in [5.41, 5.74) is 0. The van der Waals surface area contributed by atoms with Crippen LogP contribution in [0.25, 0.3) is 0 Å². The Kier molecular flexibility index (Phi) is 2.58. The molecule has 1 aromatic rings. The van der Waals surface area contributed by atoms with Gasteiger partial charge in [0.25, 0.3) is 0 Å². The number of thiophene rings is 1. The van der Waals surface area contributed by atoms with E-state index in [1.165, 1.54) is 0 Å². The first kappa shape index (κ1) is 9.33. The highest BCUT2D eigenvalue weighted by Gasteiger charge is 2.30. The SMILES string of the molecule is CCCN1C(=O)N=NC1c1cccs1. The predicted octanol–water partition coefficient (Wildman–Crippen LogP) is 3.04.